The van der Waals surface area contributed by atoms with E-state index in [1.807, 2.05) is 4.90 Å². The maximum Gasteiger partial charge on any atom is 0.242 e. The number of hydrogen-bond acceptors (Lipinski definition) is 4. The van der Waals surface area contributed by atoms with Crippen LogP contribution in [-0.2, 0) is 14.3 Å². The Balaban J connectivity index is 1.85. The molecule has 1 N–H and O–H groups in total. The van der Waals surface area contributed by atoms with E-state index in [9.17, 15) is 4.79 Å². The number of ether oxygens (including phenoxy) is 2. The molecule has 0 radical (unpaired) electrons. The monoisotopic (exact) mass is 200 g/mol. The van der Waals surface area contributed by atoms with Gasteiger partial charge in [0.15, 0.2) is 0 Å². The Morgan fingerprint density at radius 2 is 2.00 bits per heavy atom. The molecule has 1 amide bonds. The fourth-order valence-corrected chi connectivity index (χ4v) is 1.73. The highest BCUT2D eigenvalue weighted by Crippen LogP contribution is 2.03. The van der Waals surface area contributed by atoms with Crippen LogP contribution in [0.3, 0.4) is 0 Å². The predicted octanol–water partition coefficient (Wildman–Crippen LogP) is -1.17. The summed E-state index contributed by atoms with van der Waals surface area (Å²) in [5.74, 6) is 0.146. The third kappa shape index (κ3) is 2.23. The molecule has 14 heavy (non-hydrogen) atoms. The number of carbonyl (C=O) groups is 1. The number of nitrogens with zero attached hydrogens (tertiary/aromatic N) is 1. The third-order valence-corrected chi connectivity index (χ3v) is 2.54. The van der Waals surface area contributed by atoms with Crippen LogP contribution in [0.15, 0.2) is 0 Å². The van der Waals surface area contributed by atoms with Gasteiger partial charge in [-0.15, -0.1) is 0 Å². The fraction of sp³-hybridized carbons (Fsp3) is 0.889. The van der Waals surface area contributed by atoms with Crippen LogP contribution in [0.25, 0.3) is 0 Å². The van der Waals surface area contributed by atoms with Crippen LogP contribution in [0.1, 0.15) is 0 Å². The second kappa shape index (κ2) is 4.72. The quantitative estimate of drug-likeness (QED) is 0.579. The van der Waals surface area contributed by atoms with Crippen LogP contribution >= 0.6 is 0 Å². The van der Waals surface area contributed by atoms with E-state index >= 15 is 0 Å². The lowest BCUT2D eigenvalue weighted by molar-refractivity contribution is -0.140. The Labute approximate surface area is 83.3 Å². The van der Waals surface area contributed by atoms with Crippen LogP contribution < -0.4 is 5.32 Å². The molecule has 0 aromatic rings. The molecule has 2 fully saturated rings. The van der Waals surface area contributed by atoms with E-state index in [-0.39, 0.29) is 11.9 Å². The summed E-state index contributed by atoms with van der Waals surface area (Å²) in [4.78, 5) is 13.7. The zero-order valence-corrected chi connectivity index (χ0v) is 8.20. The number of nitrogens with one attached hydrogen (secondary N) is 1. The standard InChI is InChI=1S/C9H16N2O3/c12-9(8-7-14-4-1-10-8)11-2-5-13-6-3-11/h8,10H,1-7H2. The highest BCUT2D eigenvalue weighted by Gasteiger charge is 2.26. The zero-order chi connectivity index (χ0) is 9.80. The summed E-state index contributed by atoms with van der Waals surface area (Å²) in [7, 11) is 0. The smallest absolute Gasteiger partial charge is 0.242 e. The summed E-state index contributed by atoms with van der Waals surface area (Å²) in [5, 5.41) is 3.16. The molecule has 1 unspecified atom stereocenters. The molecule has 0 aliphatic carbocycles. The lowest BCUT2D eigenvalue weighted by Crippen LogP contribution is -2.54. The van der Waals surface area contributed by atoms with Crippen LogP contribution in [0, 0.1) is 0 Å². The van der Waals surface area contributed by atoms with Crippen LogP contribution in [-0.4, -0.2) is 62.9 Å². The molecule has 0 spiro atoms. The van der Waals surface area contributed by atoms with Crippen molar-refractivity contribution in [1.82, 2.24) is 10.2 Å². The Hall–Kier alpha value is -0.650. The van der Waals surface area contributed by atoms with Gasteiger partial charge in [-0.1, -0.05) is 0 Å². The maximum absolute atomic E-state index is 11.9. The average molecular weight is 200 g/mol. The molecule has 0 aromatic carbocycles. The third-order valence-electron chi connectivity index (χ3n) is 2.54. The number of amides is 1. The van der Waals surface area contributed by atoms with Crippen molar-refractivity contribution in [2.24, 2.45) is 0 Å². The first-order chi connectivity index (χ1) is 6.88. The van der Waals surface area contributed by atoms with Crippen molar-refractivity contribution in [2.75, 3.05) is 46.1 Å². The number of hydrogen-bond donors (Lipinski definition) is 1. The van der Waals surface area contributed by atoms with Gasteiger partial charge in [0, 0.05) is 19.6 Å². The molecule has 2 aliphatic rings. The first-order valence-corrected chi connectivity index (χ1v) is 5.05. The Bertz CT molecular complexity index is 178. The second-order valence-electron chi connectivity index (χ2n) is 3.52. The summed E-state index contributed by atoms with van der Waals surface area (Å²) in [6.45, 7) is 4.68. The molecule has 2 aliphatic heterocycles. The molecule has 5 heteroatoms. The van der Waals surface area contributed by atoms with Gasteiger partial charge in [-0.2, -0.15) is 0 Å². The van der Waals surface area contributed by atoms with E-state index in [1.165, 1.54) is 0 Å². The molecule has 0 saturated carbocycles. The van der Waals surface area contributed by atoms with Gasteiger partial charge in [-0.25, -0.2) is 0 Å². The van der Waals surface area contributed by atoms with Crippen LogP contribution in [0.2, 0.25) is 0 Å². The zero-order valence-electron chi connectivity index (χ0n) is 8.20. The van der Waals surface area contributed by atoms with E-state index in [2.05, 4.69) is 5.32 Å². The van der Waals surface area contributed by atoms with Gasteiger partial charge in [0.1, 0.15) is 6.04 Å². The SMILES string of the molecule is O=C(C1COCCN1)N1CCOCC1. The first kappa shape index (κ1) is 9.89. The van der Waals surface area contributed by atoms with E-state index in [0.29, 0.717) is 39.5 Å². The lowest BCUT2D eigenvalue weighted by atomic mass is 10.2. The predicted molar refractivity (Wildman–Crippen MR) is 50.0 cm³/mol. The number of rotatable bonds is 1. The molecule has 2 rings (SSSR count). The molecule has 80 valence electrons. The molecular weight excluding hydrogens is 184 g/mol. The van der Waals surface area contributed by atoms with Gasteiger partial charge in [0.2, 0.25) is 5.91 Å². The van der Waals surface area contributed by atoms with E-state index in [1.54, 1.807) is 0 Å². The van der Waals surface area contributed by atoms with Crippen molar-refractivity contribution in [2.45, 2.75) is 6.04 Å². The van der Waals surface area contributed by atoms with E-state index < -0.39 is 0 Å². The van der Waals surface area contributed by atoms with Gasteiger partial charge in [0.25, 0.3) is 0 Å². The molecule has 0 bridgehead atoms. The van der Waals surface area contributed by atoms with Crippen molar-refractivity contribution in [1.29, 1.82) is 0 Å². The highest BCUT2D eigenvalue weighted by molar-refractivity contribution is 5.82. The molecule has 2 heterocycles. The van der Waals surface area contributed by atoms with Gasteiger partial charge in [0.05, 0.1) is 26.4 Å². The lowest BCUT2D eigenvalue weighted by Gasteiger charge is -2.32. The van der Waals surface area contributed by atoms with E-state index in [4.69, 9.17) is 9.47 Å². The topological polar surface area (TPSA) is 50.8 Å². The number of morpholine rings is 2. The molecule has 2 saturated heterocycles. The largest absolute Gasteiger partial charge is 0.378 e. The van der Waals surface area contributed by atoms with Crippen molar-refractivity contribution < 1.29 is 14.3 Å². The molecular formula is C9H16N2O3. The number of carbonyl (C=O) groups excluding carboxylic acids is 1. The minimum Gasteiger partial charge on any atom is -0.378 e. The van der Waals surface area contributed by atoms with Gasteiger partial charge < -0.3 is 19.7 Å². The van der Waals surface area contributed by atoms with Gasteiger partial charge in [-0.05, 0) is 0 Å². The van der Waals surface area contributed by atoms with Gasteiger partial charge >= 0.3 is 0 Å². The molecule has 0 aromatic heterocycles. The summed E-state index contributed by atoms with van der Waals surface area (Å²) in [5.41, 5.74) is 0. The van der Waals surface area contributed by atoms with Gasteiger partial charge in [-0.3, -0.25) is 4.79 Å². The Morgan fingerprint density at radius 3 is 2.64 bits per heavy atom. The van der Waals surface area contributed by atoms with Crippen molar-refractivity contribution >= 4 is 5.91 Å². The summed E-state index contributed by atoms with van der Waals surface area (Å²) in [6.07, 6.45) is 0. The average Bonchev–Trinajstić information content (AvgIpc) is 2.30. The normalized spacial score (nSPS) is 28.9. The first-order valence-electron chi connectivity index (χ1n) is 5.05. The summed E-state index contributed by atoms with van der Waals surface area (Å²) < 4.78 is 10.4. The minimum atomic E-state index is -0.151. The van der Waals surface area contributed by atoms with Crippen LogP contribution in [0.5, 0.6) is 0 Å². The molecule has 1 atom stereocenters. The molecule has 5 nitrogen and oxygen atoms in total. The van der Waals surface area contributed by atoms with Crippen molar-refractivity contribution in [3.8, 4) is 0 Å². The second-order valence-corrected chi connectivity index (χ2v) is 3.52. The van der Waals surface area contributed by atoms with Crippen LogP contribution in [0.4, 0.5) is 0 Å². The maximum atomic E-state index is 11.9. The summed E-state index contributed by atoms with van der Waals surface area (Å²) >= 11 is 0. The highest BCUT2D eigenvalue weighted by atomic mass is 16.5. The van der Waals surface area contributed by atoms with E-state index in [0.717, 1.165) is 6.54 Å². The fourth-order valence-electron chi connectivity index (χ4n) is 1.73. The summed E-state index contributed by atoms with van der Waals surface area (Å²) in [6, 6.07) is -0.151. The Morgan fingerprint density at radius 1 is 1.21 bits per heavy atom. The minimum absolute atomic E-state index is 0.146. The van der Waals surface area contributed by atoms with Crippen molar-refractivity contribution in [3.05, 3.63) is 0 Å². The Kier molecular flexibility index (Phi) is 3.34. The van der Waals surface area contributed by atoms with Crippen molar-refractivity contribution in [3.63, 3.8) is 0 Å².